The molecule has 0 N–H and O–H groups in total. The lowest BCUT2D eigenvalue weighted by Gasteiger charge is -2.40. The molecule has 1 unspecified atom stereocenters. The molecular weight excluding hydrogens is 170 g/mol. The van der Waals surface area contributed by atoms with Gasteiger partial charge in [-0.05, 0) is 37.5 Å². The molecule has 1 atom stereocenters. The van der Waals surface area contributed by atoms with Gasteiger partial charge in [-0.1, -0.05) is 18.1 Å². The molecule has 0 aliphatic carbocycles. The zero-order chi connectivity index (χ0) is 10.1. The molecule has 14 heavy (non-hydrogen) atoms. The summed E-state index contributed by atoms with van der Waals surface area (Å²) in [5.41, 5.74) is 4.00. The average molecular weight is 185 g/mol. The van der Waals surface area contributed by atoms with Crippen LogP contribution in [0, 0.1) is 26.2 Å². The summed E-state index contributed by atoms with van der Waals surface area (Å²) < 4.78 is 0. The largest absolute Gasteiger partial charge is 0.357 e. The Hall–Kier alpha value is -1.42. The van der Waals surface area contributed by atoms with E-state index in [1.807, 2.05) is 0 Å². The topological polar surface area (TPSA) is 3.24 Å². The van der Waals surface area contributed by atoms with Gasteiger partial charge < -0.3 is 4.90 Å². The molecule has 0 saturated carbocycles. The molecule has 1 aliphatic rings. The van der Waals surface area contributed by atoms with E-state index in [0.717, 1.165) is 13.0 Å². The van der Waals surface area contributed by atoms with Crippen molar-refractivity contribution in [2.45, 2.75) is 26.3 Å². The molecule has 0 aromatic heterocycles. The first-order chi connectivity index (χ1) is 6.74. The van der Waals surface area contributed by atoms with Crippen molar-refractivity contribution in [2.24, 2.45) is 0 Å². The normalized spacial score (nSPS) is 20.1. The van der Waals surface area contributed by atoms with Gasteiger partial charge in [0.25, 0.3) is 0 Å². The van der Waals surface area contributed by atoms with Gasteiger partial charge in [0, 0.05) is 12.2 Å². The second-order valence-electron chi connectivity index (χ2n) is 3.88. The van der Waals surface area contributed by atoms with E-state index in [9.17, 15) is 0 Å². The van der Waals surface area contributed by atoms with Crippen molar-refractivity contribution in [1.82, 2.24) is 0 Å². The minimum absolute atomic E-state index is 0.315. The Morgan fingerprint density at radius 3 is 2.79 bits per heavy atom. The Balaban J connectivity index is 2.34. The molecule has 1 nitrogen and oxygen atoms in total. The van der Waals surface area contributed by atoms with Gasteiger partial charge in [-0.15, -0.1) is 6.42 Å². The molecule has 0 bridgehead atoms. The van der Waals surface area contributed by atoms with Crippen LogP contribution in [0.3, 0.4) is 0 Å². The van der Waals surface area contributed by atoms with Crippen molar-refractivity contribution in [3.05, 3.63) is 29.3 Å². The summed E-state index contributed by atoms with van der Waals surface area (Å²) in [5.74, 6) is 2.82. The van der Waals surface area contributed by atoms with Crippen molar-refractivity contribution in [2.75, 3.05) is 11.4 Å². The highest BCUT2D eigenvalue weighted by molar-refractivity contribution is 5.59. The zero-order valence-electron chi connectivity index (χ0n) is 8.75. The summed E-state index contributed by atoms with van der Waals surface area (Å²) >= 11 is 0. The Kier molecular flexibility index (Phi) is 2.21. The van der Waals surface area contributed by atoms with Gasteiger partial charge in [0.15, 0.2) is 0 Å². The smallest absolute Gasteiger partial charge is 0.0918 e. The van der Waals surface area contributed by atoms with Gasteiger partial charge >= 0.3 is 0 Å². The number of hydrogen-bond donors (Lipinski definition) is 0. The quantitative estimate of drug-likeness (QED) is 0.608. The molecule has 2 rings (SSSR count). The van der Waals surface area contributed by atoms with E-state index in [0.29, 0.717) is 6.04 Å². The van der Waals surface area contributed by atoms with Crippen molar-refractivity contribution in [3.63, 3.8) is 0 Å². The highest BCUT2D eigenvalue weighted by Crippen LogP contribution is 2.30. The summed E-state index contributed by atoms with van der Waals surface area (Å²) in [4.78, 5) is 2.31. The Bertz CT molecular complexity index is 387. The molecule has 1 heteroatoms. The van der Waals surface area contributed by atoms with E-state index in [1.165, 1.54) is 16.8 Å². The third-order valence-electron chi connectivity index (χ3n) is 3.10. The van der Waals surface area contributed by atoms with Crippen molar-refractivity contribution in [1.29, 1.82) is 0 Å². The van der Waals surface area contributed by atoms with Crippen molar-refractivity contribution in [3.8, 4) is 12.3 Å². The zero-order valence-corrected chi connectivity index (χ0v) is 8.75. The molecule has 1 aliphatic heterocycles. The maximum atomic E-state index is 5.46. The van der Waals surface area contributed by atoms with E-state index in [-0.39, 0.29) is 0 Å². The van der Waals surface area contributed by atoms with Gasteiger partial charge in [0.2, 0.25) is 0 Å². The first-order valence-electron chi connectivity index (χ1n) is 5.03. The van der Waals surface area contributed by atoms with Crippen LogP contribution in [0.15, 0.2) is 18.2 Å². The predicted molar refractivity (Wildman–Crippen MR) is 60.5 cm³/mol. The van der Waals surface area contributed by atoms with Crippen molar-refractivity contribution < 1.29 is 0 Å². The lowest BCUT2D eigenvalue weighted by atomic mass is 9.99. The standard InChI is InChI=1S/C13H15N/c1-4-12-8-9-14(12)13-7-5-6-10(2)11(13)3/h1,5-7,12H,8-9H2,2-3H3. The lowest BCUT2D eigenvalue weighted by Crippen LogP contribution is -2.47. The van der Waals surface area contributed by atoms with E-state index in [4.69, 9.17) is 6.42 Å². The van der Waals surface area contributed by atoms with Gasteiger partial charge in [-0.25, -0.2) is 0 Å². The van der Waals surface area contributed by atoms with Crippen LogP contribution < -0.4 is 4.90 Å². The van der Waals surface area contributed by atoms with Crippen LogP contribution in [0.5, 0.6) is 0 Å². The number of terminal acetylenes is 1. The number of benzene rings is 1. The van der Waals surface area contributed by atoms with E-state index in [2.05, 4.69) is 42.9 Å². The maximum absolute atomic E-state index is 5.46. The van der Waals surface area contributed by atoms with E-state index < -0.39 is 0 Å². The van der Waals surface area contributed by atoms with Gasteiger partial charge in [0.05, 0.1) is 6.04 Å². The highest BCUT2D eigenvalue weighted by Gasteiger charge is 2.27. The van der Waals surface area contributed by atoms with Gasteiger partial charge in [0.1, 0.15) is 0 Å². The molecule has 1 fully saturated rings. The van der Waals surface area contributed by atoms with E-state index in [1.54, 1.807) is 0 Å². The summed E-state index contributed by atoms with van der Waals surface area (Å²) in [6.07, 6.45) is 6.59. The SMILES string of the molecule is C#CC1CCN1c1cccc(C)c1C. The van der Waals surface area contributed by atoms with E-state index >= 15 is 0 Å². The number of hydrogen-bond acceptors (Lipinski definition) is 1. The van der Waals surface area contributed by atoms with Crippen LogP contribution in [0.25, 0.3) is 0 Å². The summed E-state index contributed by atoms with van der Waals surface area (Å²) in [7, 11) is 0. The van der Waals surface area contributed by atoms with Crippen LogP contribution in [0.1, 0.15) is 17.5 Å². The van der Waals surface area contributed by atoms with Crippen LogP contribution >= 0.6 is 0 Å². The fourth-order valence-corrected chi connectivity index (χ4v) is 1.90. The third kappa shape index (κ3) is 1.28. The van der Waals surface area contributed by atoms with Crippen molar-refractivity contribution >= 4 is 5.69 Å². The molecule has 0 radical (unpaired) electrons. The van der Waals surface area contributed by atoms with Crippen LogP contribution in [-0.4, -0.2) is 12.6 Å². The minimum atomic E-state index is 0.315. The Morgan fingerprint density at radius 2 is 2.21 bits per heavy atom. The van der Waals surface area contributed by atoms with Crippen LogP contribution in [0.2, 0.25) is 0 Å². The molecule has 1 aromatic rings. The second-order valence-corrected chi connectivity index (χ2v) is 3.88. The third-order valence-corrected chi connectivity index (χ3v) is 3.10. The number of rotatable bonds is 1. The molecular formula is C13H15N. The molecule has 0 spiro atoms. The molecule has 0 amide bonds. The number of anilines is 1. The van der Waals surface area contributed by atoms with Gasteiger partial charge in [-0.2, -0.15) is 0 Å². The highest BCUT2D eigenvalue weighted by atomic mass is 15.2. The summed E-state index contributed by atoms with van der Waals surface area (Å²) in [6, 6.07) is 6.72. The predicted octanol–water partition coefficient (Wildman–Crippen LogP) is 2.52. The first kappa shape index (κ1) is 9.15. The van der Waals surface area contributed by atoms with Crippen LogP contribution in [-0.2, 0) is 0 Å². The summed E-state index contributed by atoms with van der Waals surface area (Å²) in [5, 5.41) is 0. The molecule has 72 valence electrons. The number of aryl methyl sites for hydroxylation is 1. The van der Waals surface area contributed by atoms with Crippen LogP contribution in [0.4, 0.5) is 5.69 Å². The Morgan fingerprint density at radius 1 is 1.43 bits per heavy atom. The fraction of sp³-hybridized carbons (Fsp3) is 0.385. The summed E-state index contributed by atoms with van der Waals surface area (Å²) in [6.45, 7) is 5.40. The monoisotopic (exact) mass is 185 g/mol. The lowest BCUT2D eigenvalue weighted by molar-refractivity contribution is 0.534. The first-order valence-corrected chi connectivity index (χ1v) is 5.03. The maximum Gasteiger partial charge on any atom is 0.0918 e. The molecule has 1 aromatic carbocycles. The Labute approximate surface area is 85.7 Å². The number of nitrogens with zero attached hydrogens (tertiary/aromatic N) is 1. The average Bonchev–Trinajstić information content (AvgIpc) is 2.12. The second kappa shape index (κ2) is 3.38. The molecule has 1 heterocycles. The van der Waals surface area contributed by atoms with Gasteiger partial charge in [-0.3, -0.25) is 0 Å². The molecule has 1 saturated heterocycles. The minimum Gasteiger partial charge on any atom is -0.357 e. The fourth-order valence-electron chi connectivity index (χ4n) is 1.90.